The highest BCUT2D eigenvalue weighted by molar-refractivity contribution is 7.91. The van der Waals surface area contributed by atoms with E-state index in [0.29, 0.717) is 29.3 Å². The van der Waals surface area contributed by atoms with Crippen molar-refractivity contribution >= 4 is 27.3 Å². The Bertz CT molecular complexity index is 937. The fourth-order valence-electron chi connectivity index (χ4n) is 3.42. The summed E-state index contributed by atoms with van der Waals surface area (Å²) in [4.78, 5) is 15.0. The predicted molar refractivity (Wildman–Crippen MR) is 118 cm³/mol. The Labute approximate surface area is 173 Å². The fraction of sp³-hybridized carbons (Fsp3) is 0.409. The van der Waals surface area contributed by atoms with Crippen LogP contribution >= 0.6 is 0 Å². The largest absolute Gasteiger partial charge is 0.371 e. The van der Waals surface area contributed by atoms with Crippen molar-refractivity contribution in [1.82, 2.24) is 5.32 Å². The number of carbonyl (C=O) groups excluding carboxylic acids is 1. The lowest BCUT2D eigenvalue weighted by Gasteiger charge is -2.22. The second kappa shape index (κ2) is 9.31. The summed E-state index contributed by atoms with van der Waals surface area (Å²) < 4.78 is 27.8. The van der Waals surface area contributed by atoms with E-state index in [2.05, 4.69) is 14.9 Å². The van der Waals surface area contributed by atoms with Crippen LogP contribution in [0.25, 0.3) is 0 Å². The molecule has 1 amide bonds. The van der Waals surface area contributed by atoms with Crippen LogP contribution in [0.15, 0.2) is 48.5 Å². The molecule has 7 heteroatoms. The first-order chi connectivity index (χ1) is 13.8. The Morgan fingerprint density at radius 3 is 2.41 bits per heavy atom. The first-order valence-electron chi connectivity index (χ1n) is 10.1. The van der Waals surface area contributed by atoms with Crippen molar-refractivity contribution in [3.05, 3.63) is 59.7 Å². The Kier molecular flexibility index (Phi) is 6.79. The van der Waals surface area contributed by atoms with Crippen LogP contribution < -0.4 is 14.9 Å². The minimum atomic E-state index is -3.58. The first-order valence-corrected chi connectivity index (χ1v) is 11.7. The summed E-state index contributed by atoms with van der Waals surface area (Å²) in [6.07, 6.45) is 2.19. The van der Waals surface area contributed by atoms with Crippen molar-refractivity contribution in [2.24, 2.45) is 5.92 Å². The lowest BCUT2D eigenvalue weighted by atomic mass is 10.1. The molecule has 0 saturated carbocycles. The van der Waals surface area contributed by atoms with Gasteiger partial charge in [0.2, 0.25) is 10.0 Å². The van der Waals surface area contributed by atoms with Crippen molar-refractivity contribution in [2.75, 3.05) is 29.3 Å². The topological polar surface area (TPSA) is 78.5 Å². The zero-order chi connectivity index (χ0) is 20.9. The molecule has 0 unspecified atom stereocenters. The van der Waals surface area contributed by atoms with E-state index in [-0.39, 0.29) is 11.7 Å². The van der Waals surface area contributed by atoms with E-state index in [1.807, 2.05) is 38.1 Å². The predicted octanol–water partition coefficient (Wildman–Crippen LogP) is 3.61. The third-order valence-corrected chi connectivity index (χ3v) is 6.09. The molecule has 0 aromatic heterocycles. The molecule has 2 aromatic rings. The summed E-state index contributed by atoms with van der Waals surface area (Å²) in [6.45, 7) is 6.46. The maximum Gasteiger partial charge on any atom is 0.253 e. The molecule has 1 heterocycles. The molecule has 2 aromatic carbocycles. The summed E-state index contributed by atoms with van der Waals surface area (Å²) in [5.74, 6) is 0.0443. The number of nitrogens with zero attached hydrogens (tertiary/aromatic N) is 1. The van der Waals surface area contributed by atoms with Gasteiger partial charge in [-0.25, -0.2) is 8.42 Å². The van der Waals surface area contributed by atoms with Crippen molar-refractivity contribution in [1.29, 1.82) is 0 Å². The number of rotatable bonds is 8. The molecule has 6 nitrogen and oxygen atoms in total. The number of nitrogens with one attached hydrogen (secondary N) is 2. The van der Waals surface area contributed by atoms with Crippen molar-refractivity contribution in [3.63, 3.8) is 0 Å². The summed E-state index contributed by atoms with van der Waals surface area (Å²) in [5, 5.41) is 2.95. The Hall–Kier alpha value is -2.54. The maximum atomic E-state index is 12.8. The summed E-state index contributed by atoms with van der Waals surface area (Å²) in [5.41, 5.74) is 2.48. The average Bonchev–Trinajstić information content (AvgIpc) is 3.20. The maximum absolute atomic E-state index is 12.8. The quantitative estimate of drug-likeness (QED) is 0.690. The van der Waals surface area contributed by atoms with Gasteiger partial charge in [0.15, 0.2) is 0 Å². The molecular weight excluding hydrogens is 386 g/mol. The van der Waals surface area contributed by atoms with E-state index in [4.69, 9.17) is 0 Å². The normalized spacial score (nSPS) is 14.2. The molecule has 0 radical (unpaired) electrons. The van der Waals surface area contributed by atoms with Crippen LogP contribution in [0, 0.1) is 5.92 Å². The molecule has 1 fully saturated rings. The second-order valence-corrected chi connectivity index (χ2v) is 9.60. The molecule has 0 bridgehead atoms. The molecule has 0 spiro atoms. The van der Waals surface area contributed by atoms with Crippen molar-refractivity contribution in [2.45, 2.75) is 32.4 Å². The van der Waals surface area contributed by atoms with E-state index in [1.54, 1.807) is 24.3 Å². The van der Waals surface area contributed by atoms with Gasteiger partial charge >= 0.3 is 0 Å². The van der Waals surface area contributed by atoms with Crippen molar-refractivity contribution < 1.29 is 13.2 Å². The van der Waals surface area contributed by atoms with Crippen LogP contribution in [0.2, 0.25) is 0 Å². The van der Waals surface area contributed by atoms with Gasteiger partial charge in [0.1, 0.15) is 0 Å². The van der Waals surface area contributed by atoms with Crippen LogP contribution in [0.3, 0.4) is 0 Å². The number of benzene rings is 2. The SMILES string of the molecule is CC(C)CNC(=O)c1cc(NS(=O)(=O)Cc2ccccc2)ccc1N1CCCC1. The highest BCUT2D eigenvalue weighted by Crippen LogP contribution is 2.28. The van der Waals surface area contributed by atoms with E-state index < -0.39 is 10.0 Å². The van der Waals surface area contributed by atoms with E-state index in [9.17, 15) is 13.2 Å². The minimum Gasteiger partial charge on any atom is -0.371 e. The Morgan fingerprint density at radius 2 is 1.76 bits per heavy atom. The molecule has 0 aliphatic carbocycles. The molecule has 29 heavy (non-hydrogen) atoms. The number of hydrogen-bond acceptors (Lipinski definition) is 4. The van der Waals surface area contributed by atoms with Gasteiger partial charge < -0.3 is 10.2 Å². The summed E-state index contributed by atoms with van der Waals surface area (Å²) in [6, 6.07) is 14.3. The molecule has 156 valence electrons. The molecular formula is C22H29N3O3S. The van der Waals surface area contributed by atoms with Gasteiger partial charge in [0, 0.05) is 31.0 Å². The van der Waals surface area contributed by atoms with Gasteiger partial charge in [0.25, 0.3) is 5.91 Å². The third-order valence-electron chi connectivity index (χ3n) is 4.83. The molecule has 1 aliphatic rings. The highest BCUT2D eigenvalue weighted by Gasteiger charge is 2.21. The van der Waals surface area contributed by atoms with E-state index in [0.717, 1.165) is 31.6 Å². The summed E-state index contributed by atoms with van der Waals surface area (Å²) in [7, 11) is -3.58. The minimum absolute atomic E-state index is 0.114. The van der Waals surface area contributed by atoms with Gasteiger partial charge in [-0.15, -0.1) is 0 Å². The molecule has 3 rings (SSSR count). The number of sulfonamides is 1. The summed E-state index contributed by atoms with van der Waals surface area (Å²) >= 11 is 0. The number of amides is 1. The number of anilines is 2. The molecule has 2 N–H and O–H groups in total. The zero-order valence-electron chi connectivity index (χ0n) is 17.0. The zero-order valence-corrected chi connectivity index (χ0v) is 17.8. The third kappa shape index (κ3) is 5.97. The smallest absolute Gasteiger partial charge is 0.253 e. The highest BCUT2D eigenvalue weighted by atomic mass is 32.2. The van der Waals surface area contributed by atoms with Crippen LogP contribution in [0.4, 0.5) is 11.4 Å². The van der Waals surface area contributed by atoms with E-state index in [1.165, 1.54) is 0 Å². The lowest BCUT2D eigenvalue weighted by Crippen LogP contribution is -2.30. The number of carbonyl (C=O) groups is 1. The van der Waals surface area contributed by atoms with Gasteiger partial charge in [-0.3, -0.25) is 9.52 Å². The van der Waals surface area contributed by atoms with Crippen LogP contribution in [0.5, 0.6) is 0 Å². The van der Waals surface area contributed by atoms with E-state index >= 15 is 0 Å². The van der Waals surface area contributed by atoms with Crippen LogP contribution in [-0.2, 0) is 15.8 Å². The second-order valence-electron chi connectivity index (χ2n) is 7.88. The standard InChI is InChI=1S/C22H29N3O3S/c1-17(2)15-23-22(26)20-14-19(10-11-21(20)25-12-6-7-13-25)24-29(27,28)16-18-8-4-3-5-9-18/h3-5,8-11,14,17,24H,6-7,12-13,15-16H2,1-2H3,(H,23,26). The average molecular weight is 416 g/mol. The van der Waals surface area contributed by atoms with Crippen LogP contribution in [0.1, 0.15) is 42.6 Å². The van der Waals surface area contributed by atoms with Gasteiger partial charge in [0.05, 0.1) is 11.3 Å². The molecule has 1 aliphatic heterocycles. The molecule has 0 atom stereocenters. The first kappa shape index (κ1) is 21.2. The monoisotopic (exact) mass is 415 g/mol. The van der Waals surface area contributed by atoms with Gasteiger partial charge in [-0.1, -0.05) is 44.2 Å². The van der Waals surface area contributed by atoms with Crippen LogP contribution in [-0.4, -0.2) is 34.0 Å². The number of hydrogen-bond donors (Lipinski definition) is 2. The van der Waals surface area contributed by atoms with Gasteiger partial charge in [-0.05, 0) is 42.5 Å². The lowest BCUT2D eigenvalue weighted by molar-refractivity contribution is 0.0949. The molecule has 1 saturated heterocycles. The Morgan fingerprint density at radius 1 is 1.07 bits per heavy atom. The van der Waals surface area contributed by atoms with Crippen molar-refractivity contribution in [3.8, 4) is 0 Å². The van der Waals surface area contributed by atoms with Gasteiger partial charge in [-0.2, -0.15) is 0 Å². The fourth-order valence-corrected chi connectivity index (χ4v) is 4.61. The Balaban J connectivity index is 1.83.